The lowest BCUT2D eigenvalue weighted by Gasteiger charge is -2.10. The Morgan fingerprint density at radius 1 is 1.23 bits per heavy atom. The van der Waals surface area contributed by atoms with Crippen molar-refractivity contribution in [3.8, 4) is 17.1 Å². The summed E-state index contributed by atoms with van der Waals surface area (Å²) in [6.07, 6.45) is 0. The number of ether oxygens (including phenoxy) is 2. The standard InChI is InChI=1S/C20H22N4O4S2/c1-5-24-17(13-8-6-7-9-15(13)27-3)22-23-20(24)29-11-16(25)21-18-14(19(26)28-4)10-12(2)30-18/h6-10H,5,11H2,1-4H3,(H,21,25). The zero-order valence-electron chi connectivity index (χ0n) is 17.1. The summed E-state index contributed by atoms with van der Waals surface area (Å²) in [5, 5.41) is 12.5. The van der Waals surface area contributed by atoms with Crippen molar-refractivity contribution >= 4 is 40.0 Å². The number of benzene rings is 1. The van der Waals surface area contributed by atoms with Crippen LogP contribution in [0.2, 0.25) is 0 Å². The molecular formula is C20H22N4O4S2. The van der Waals surface area contributed by atoms with E-state index in [0.717, 1.165) is 10.4 Å². The summed E-state index contributed by atoms with van der Waals surface area (Å²) in [5.41, 5.74) is 1.19. The summed E-state index contributed by atoms with van der Waals surface area (Å²) in [5.74, 6) is 0.796. The van der Waals surface area contributed by atoms with Gasteiger partial charge in [-0.2, -0.15) is 0 Å². The molecule has 0 bridgehead atoms. The first-order valence-corrected chi connectivity index (χ1v) is 11.0. The quantitative estimate of drug-likeness (QED) is 0.415. The number of thiophene rings is 1. The molecule has 0 radical (unpaired) electrons. The first-order valence-electron chi connectivity index (χ1n) is 9.16. The van der Waals surface area contributed by atoms with Crippen LogP contribution in [0.1, 0.15) is 22.2 Å². The average Bonchev–Trinajstić information content (AvgIpc) is 3.34. The number of carbonyl (C=O) groups excluding carboxylic acids is 2. The molecule has 0 atom stereocenters. The second-order valence-electron chi connectivity index (χ2n) is 6.18. The minimum atomic E-state index is -0.477. The van der Waals surface area contributed by atoms with E-state index < -0.39 is 5.97 Å². The first kappa shape index (κ1) is 21.8. The number of nitrogens with zero attached hydrogens (tertiary/aromatic N) is 3. The van der Waals surface area contributed by atoms with Gasteiger partial charge in [0.2, 0.25) is 5.91 Å². The van der Waals surface area contributed by atoms with Crippen LogP contribution in [0.4, 0.5) is 5.00 Å². The van der Waals surface area contributed by atoms with Crippen molar-refractivity contribution in [2.45, 2.75) is 25.5 Å². The maximum atomic E-state index is 12.5. The molecule has 2 aromatic heterocycles. The SMILES string of the molecule is CCn1c(SCC(=O)Nc2sc(C)cc2C(=O)OC)nnc1-c1ccccc1OC. The van der Waals surface area contributed by atoms with Gasteiger partial charge in [-0.1, -0.05) is 23.9 Å². The summed E-state index contributed by atoms with van der Waals surface area (Å²) in [4.78, 5) is 25.3. The minimum absolute atomic E-state index is 0.127. The molecule has 0 aliphatic heterocycles. The van der Waals surface area contributed by atoms with Crippen LogP contribution >= 0.6 is 23.1 Å². The van der Waals surface area contributed by atoms with Crippen LogP contribution in [0, 0.1) is 6.92 Å². The monoisotopic (exact) mass is 446 g/mol. The molecule has 3 rings (SSSR count). The van der Waals surface area contributed by atoms with Crippen molar-refractivity contribution < 1.29 is 19.1 Å². The predicted molar refractivity (Wildman–Crippen MR) is 117 cm³/mol. The Morgan fingerprint density at radius 2 is 2.00 bits per heavy atom. The molecule has 1 N–H and O–H groups in total. The molecule has 3 aromatic rings. The highest BCUT2D eigenvalue weighted by atomic mass is 32.2. The zero-order valence-corrected chi connectivity index (χ0v) is 18.7. The van der Waals surface area contributed by atoms with Gasteiger partial charge in [-0.3, -0.25) is 4.79 Å². The lowest BCUT2D eigenvalue weighted by Crippen LogP contribution is -2.16. The van der Waals surface area contributed by atoms with Crippen LogP contribution in [0.15, 0.2) is 35.5 Å². The Labute approximate surface area is 182 Å². The van der Waals surface area contributed by atoms with Gasteiger partial charge in [-0.05, 0) is 32.0 Å². The van der Waals surface area contributed by atoms with E-state index in [1.807, 2.05) is 42.7 Å². The van der Waals surface area contributed by atoms with Gasteiger partial charge < -0.3 is 19.4 Å². The van der Waals surface area contributed by atoms with Gasteiger partial charge in [-0.25, -0.2) is 4.79 Å². The van der Waals surface area contributed by atoms with E-state index >= 15 is 0 Å². The van der Waals surface area contributed by atoms with Crippen LogP contribution < -0.4 is 10.1 Å². The highest BCUT2D eigenvalue weighted by Crippen LogP contribution is 2.31. The van der Waals surface area contributed by atoms with Crippen LogP contribution in [0.5, 0.6) is 5.75 Å². The average molecular weight is 447 g/mol. The smallest absolute Gasteiger partial charge is 0.340 e. The molecule has 0 aliphatic carbocycles. The van der Waals surface area contributed by atoms with Gasteiger partial charge in [0.1, 0.15) is 10.8 Å². The highest BCUT2D eigenvalue weighted by molar-refractivity contribution is 7.99. The number of methoxy groups -OCH3 is 2. The Balaban J connectivity index is 1.73. The second kappa shape index (κ2) is 9.77. The van der Waals surface area contributed by atoms with Gasteiger partial charge in [0.05, 0.1) is 31.1 Å². The topological polar surface area (TPSA) is 95.3 Å². The number of hydrogen-bond donors (Lipinski definition) is 1. The van der Waals surface area contributed by atoms with Crippen LogP contribution in [-0.4, -0.2) is 46.6 Å². The van der Waals surface area contributed by atoms with Crippen molar-refractivity contribution in [2.75, 3.05) is 25.3 Å². The third-order valence-electron chi connectivity index (χ3n) is 4.23. The molecule has 1 aromatic carbocycles. The normalized spacial score (nSPS) is 10.7. The van der Waals surface area contributed by atoms with Gasteiger partial charge in [0, 0.05) is 11.4 Å². The highest BCUT2D eigenvalue weighted by Gasteiger charge is 2.20. The maximum absolute atomic E-state index is 12.5. The molecule has 0 unspecified atom stereocenters. The van der Waals surface area contributed by atoms with Crippen molar-refractivity contribution in [1.82, 2.24) is 14.8 Å². The van der Waals surface area contributed by atoms with Crippen LogP contribution in [0.25, 0.3) is 11.4 Å². The fourth-order valence-electron chi connectivity index (χ4n) is 2.87. The fourth-order valence-corrected chi connectivity index (χ4v) is 4.59. The number of nitrogens with one attached hydrogen (secondary N) is 1. The lowest BCUT2D eigenvalue weighted by atomic mass is 10.2. The Hall–Kier alpha value is -2.85. The van der Waals surface area contributed by atoms with Gasteiger partial charge in [0.15, 0.2) is 11.0 Å². The number of aromatic nitrogens is 3. The van der Waals surface area contributed by atoms with Gasteiger partial charge in [-0.15, -0.1) is 21.5 Å². The van der Waals surface area contributed by atoms with Crippen LogP contribution in [-0.2, 0) is 16.1 Å². The molecule has 2 heterocycles. The molecule has 1 amide bonds. The van der Waals surface area contributed by atoms with Gasteiger partial charge >= 0.3 is 5.97 Å². The van der Waals surface area contributed by atoms with Crippen molar-refractivity contribution in [3.05, 3.63) is 40.8 Å². The summed E-state index contributed by atoms with van der Waals surface area (Å²) in [6.45, 7) is 4.50. The number of thioether (sulfide) groups is 1. The number of aryl methyl sites for hydroxylation is 1. The molecule has 0 spiro atoms. The number of rotatable bonds is 8. The number of para-hydroxylation sites is 1. The maximum Gasteiger partial charge on any atom is 0.340 e. The number of amides is 1. The lowest BCUT2D eigenvalue weighted by molar-refractivity contribution is -0.113. The van der Waals surface area contributed by atoms with E-state index in [-0.39, 0.29) is 11.7 Å². The Bertz CT molecular complexity index is 1060. The van der Waals surface area contributed by atoms with E-state index in [2.05, 4.69) is 15.5 Å². The Morgan fingerprint density at radius 3 is 2.70 bits per heavy atom. The van der Waals surface area contributed by atoms with Gasteiger partial charge in [0.25, 0.3) is 0 Å². The molecule has 0 saturated carbocycles. The first-order chi connectivity index (χ1) is 14.5. The number of hydrogen-bond acceptors (Lipinski definition) is 8. The largest absolute Gasteiger partial charge is 0.496 e. The van der Waals surface area contributed by atoms with E-state index in [9.17, 15) is 9.59 Å². The molecule has 10 heteroatoms. The van der Waals surface area contributed by atoms with Crippen LogP contribution in [0.3, 0.4) is 0 Å². The molecule has 158 valence electrons. The molecule has 0 fully saturated rings. The van der Waals surface area contributed by atoms with E-state index in [0.29, 0.717) is 33.8 Å². The van der Waals surface area contributed by atoms with Crippen molar-refractivity contribution in [3.63, 3.8) is 0 Å². The summed E-state index contributed by atoms with van der Waals surface area (Å²) < 4.78 is 12.1. The molecule has 30 heavy (non-hydrogen) atoms. The van der Waals surface area contributed by atoms with E-state index in [4.69, 9.17) is 9.47 Å². The third kappa shape index (κ3) is 4.65. The predicted octanol–water partition coefficient (Wildman–Crippen LogP) is 3.86. The molecular weight excluding hydrogens is 424 g/mol. The molecule has 8 nitrogen and oxygen atoms in total. The van der Waals surface area contributed by atoms with E-state index in [1.165, 1.54) is 30.2 Å². The summed E-state index contributed by atoms with van der Waals surface area (Å²) in [6, 6.07) is 9.29. The number of esters is 1. The molecule has 0 aliphatic rings. The second-order valence-corrected chi connectivity index (χ2v) is 8.38. The fraction of sp³-hybridized carbons (Fsp3) is 0.300. The number of carbonyl (C=O) groups is 2. The number of anilines is 1. The summed E-state index contributed by atoms with van der Waals surface area (Å²) in [7, 11) is 2.92. The third-order valence-corrected chi connectivity index (χ3v) is 6.16. The van der Waals surface area contributed by atoms with Crippen molar-refractivity contribution in [2.24, 2.45) is 0 Å². The Kier molecular flexibility index (Phi) is 7.11. The van der Waals surface area contributed by atoms with Crippen molar-refractivity contribution in [1.29, 1.82) is 0 Å². The zero-order chi connectivity index (χ0) is 21.7. The summed E-state index contributed by atoms with van der Waals surface area (Å²) >= 11 is 2.61. The van der Waals surface area contributed by atoms with E-state index in [1.54, 1.807) is 13.2 Å². The molecule has 0 saturated heterocycles. The minimum Gasteiger partial charge on any atom is -0.496 e.